The van der Waals surface area contributed by atoms with Gasteiger partial charge in [-0.2, -0.15) is 0 Å². The summed E-state index contributed by atoms with van der Waals surface area (Å²) in [5, 5.41) is 2.80. The Morgan fingerprint density at radius 3 is 2.36 bits per heavy atom. The molecule has 1 aromatic carbocycles. The molecule has 0 saturated heterocycles. The molecule has 3 heteroatoms. The van der Waals surface area contributed by atoms with E-state index in [1.807, 2.05) is 19.1 Å². The predicted molar refractivity (Wildman–Crippen MR) is 40.7 cm³/mol. The second-order valence-electron chi connectivity index (χ2n) is 2.28. The molecule has 3 nitrogen and oxygen atoms in total. The third-order valence-electron chi connectivity index (χ3n) is 1.40. The van der Waals surface area contributed by atoms with Crippen LogP contribution in [0.1, 0.15) is 15.9 Å². The van der Waals surface area contributed by atoms with E-state index in [9.17, 15) is 4.79 Å². The van der Waals surface area contributed by atoms with E-state index in [1.165, 1.54) is 0 Å². The van der Waals surface area contributed by atoms with Crippen LogP contribution in [0.25, 0.3) is 0 Å². The lowest BCUT2D eigenvalue weighted by atomic mass is 10.1. The van der Waals surface area contributed by atoms with Gasteiger partial charge in [0.15, 0.2) is 0 Å². The third kappa shape index (κ3) is 1.70. The lowest BCUT2D eigenvalue weighted by Crippen LogP contribution is -1.91. The average molecular weight is 148 g/mol. The number of carbonyl (C=O) groups excluding carboxylic acids is 1. The first kappa shape index (κ1) is 7.60. The number of aryl methyl sites for hydroxylation is 1. The van der Waals surface area contributed by atoms with Crippen molar-refractivity contribution in [3.8, 4) is 0 Å². The fourth-order valence-corrected chi connectivity index (χ4v) is 0.761. The molecule has 1 aromatic rings. The Balaban J connectivity index is 2.98. The first-order chi connectivity index (χ1) is 5.24. The first-order valence-electron chi connectivity index (χ1n) is 3.22. The summed E-state index contributed by atoms with van der Waals surface area (Å²) in [5.74, 6) is -0.495. The predicted octanol–water partition coefficient (Wildman–Crippen LogP) is 2.17. The van der Waals surface area contributed by atoms with Crippen molar-refractivity contribution in [3.63, 3.8) is 0 Å². The van der Waals surface area contributed by atoms with Crippen LogP contribution in [0.5, 0.6) is 0 Å². The minimum absolute atomic E-state index is 0.464. The highest BCUT2D eigenvalue weighted by Gasteiger charge is 2.00. The number of rotatable bonds is 1. The molecule has 0 bridgehead atoms. The molecule has 0 aliphatic carbocycles. The van der Waals surface area contributed by atoms with Crippen LogP contribution in [0.15, 0.2) is 29.4 Å². The van der Waals surface area contributed by atoms with Crippen molar-refractivity contribution in [1.82, 2.24) is 0 Å². The van der Waals surface area contributed by atoms with Crippen LogP contribution in [0.4, 0.5) is 0 Å². The molecule has 0 aliphatic rings. The average Bonchev–Trinajstić information content (AvgIpc) is 2.05. The minimum atomic E-state index is -0.495. The van der Waals surface area contributed by atoms with Gasteiger partial charge in [-0.05, 0) is 19.1 Å². The zero-order valence-corrected chi connectivity index (χ0v) is 6.16. The van der Waals surface area contributed by atoms with E-state index >= 15 is 0 Å². The van der Waals surface area contributed by atoms with Crippen LogP contribution < -0.4 is 0 Å². The van der Waals surface area contributed by atoms with Gasteiger partial charge in [-0.3, -0.25) is 4.79 Å². The van der Waals surface area contributed by atoms with Crippen LogP contribution in [-0.2, 0) is 0 Å². The van der Waals surface area contributed by atoms with E-state index in [4.69, 9.17) is 5.53 Å². The molecule has 0 heterocycles. The molecule has 0 radical (unpaired) electrons. The number of amides is 1. The number of nitrogens with one attached hydrogen (secondary N) is 1. The lowest BCUT2D eigenvalue weighted by molar-refractivity contribution is 0.0991. The normalized spacial score (nSPS) is 9.18. The Bertz CT molecular complexity index is 277. The van der Waals surface area contributed by atoms with Gasteiger partial charge in [0.25, 0.3) is 5.91 Å². The monoisotopic (exact) mass is 148 g/mol. The van der Waals surface area contributed by atoms with Gasteiger partial charge in [-0.15, -0.1) is 5.11 Å². The van der Waals surface area contributed by atoms with Gasteiger partial charge in [0.2, 0.25) is 0 Å². The van der Waals surface area contributed by atoms with Crippen molar-refractivity contribution in [2.75, 3.05) is 0 Å². The first-order valence-corrected chi connectivity index (χ1v) is 3.22. The molecule has 0 spiro atoms. The molecule has 0 saturated carbocycles. The van der Waals surface area contributed by atoms with Crippen molar-refractivity contribution in [1.29, 1.82) is 5.53 Å². The lowest BCUT2D eigenvalue weighted by Gasteiger charge is -1.93. The Morgan fingerprint density at radius 1 is 1.36 bits per heavy atom. The Kier molecular flexibility index (Phi) is 2.11. The minimum Gasteiger partial charge on any atom is -0.265 e. The van der Waals surface area contributed by atoms with Crippen LogP contribution in [0.2, 0.25) is 0 Å². The second-order valence-corrected chi connectivity index (χ2v) is 2.28. The largest absolute Gasteiger partial charge is 0.294 e. The SMILES string of the molecule is Cc1ccc(C(=O)N=N)cc1. The van der Waals surface area contributed by atoms with Crippen molar-refractivity contribution in [3.05, 3.63) is 35.4 Å². The molecule has 0 fully saturated rings. The van der Waals surface area contributed by atoms with E-state index < -0.39 is 5.91 Å². The van der Waals surface area contributed by atoms with Gasteiger partial charge in [0.1, 0.15) is 0 Å². The maximum absolute atomic E-state index is 10.8. The van der Waals surface area contributed by atoms with E-state index in [-0.39, 0.29) is 0 Å². The summed E-state index contributed by atoms with van der Waals surface area (Å²) >= 11 is 0. The van der Waals surface area contributed by atoms with Crippen molar-refractivity contribution < 1.29 is 4.79 Å². The van der Waals surface area contributed by atoms with Gasteiger partial charge in [0.05, 0.1) is 0 Å². The summed E-state index contributed by atoms with van der Waals surface area (Å²) in [6.45, 7) is 1.94. The molecule has 1 N–H and O–H groups in total. The van der Waals surface area contributed by atoms with Crippen LogP contribution in [0.3, 0.4) is 0 Å². The fourth-order valence-electron chi connectivity index (χ4n) is 0.761. The Hall–Kier alpha value is -1.51. The summed E-state index contributed by atoms with van der Waals surface area (Å²) in [6.07, 6.45) is 0. The number of hydrogen-bond acceptors (Lipinski definition) is 2. The zero-order chi connectivity index (χ0) is 8.27. The number of hydrogen-bond donors (Lipinski definition) is 1. The molecule has 0 aromatic heterocycles. The van der Waals surface area contributed by atoms with E-state index in [2.05, 4.69) is 5.11 Å². The molecule has 0 atom stereocenters. The van der Waals surface area contributed by atoms with Gasteiger partial charge in [0, 0.05) is 5.56 Å². The molecular weight excluding hydrogens is 140 g/mol. The van der Waals surface area contributed by atoms with Crippen molar-refractivity contribution >= 4 is 5.91 Å². The highest BCUT2D eigenvalue weighted by molar-refractivity contribution is 5.94. The number of benzene rings is 1. The smallest absolute Gasteiger partial charge is 0.265 e. The third-order valence-corrected chi connectivity index (χ3v) is 1.40. The van der Waals surface area contributed by atoms with Gasteiger partial charge in [-0.25, -0.2) is 5.53 Å². The molecule has 1 amide bonds. The maximum atomic E-state index is 10.8. The van der Waals surface area contributed by atoms with E-state index in [1.54, 1.807) is 12.1 Å². The molecule has 0 unspecified atom stereocenters. The summed E-state index contributed by atoms with van der Waals surface area (Å²) in [6, 6.07) is 6.96. The number of nitrogens with zero attached hydrogens (tertiary/aromatic N) is 1. The standard InChI is InChI=1S/C8H8N2O/c1-6-2-4-7(5-3-6)8(11)10-9/h2-5,9H,1H3. The second kappa shape index (κ2) is 3.05. The Labute approximate surface area is 64.6 Å². The maximum Gasteiger partial charge on any atom is 0.294 e. The highest BCUT2D eigenvalue weighted by atomic mass is 16.1. The van der Waals surface area contributed by atoms with Crippen LogP contribution in [0, 0.1) is 12.5 Å². The summed E-state index contributed by atoms with van der Waals surface area (Å²) in [4.78, 5) is 10.8. The molecule has 11 heavy (non-hydrogen) atoms. The van der Waals surface area contributed by atoms with E-state index in [0.717, 1.165) is 5.56 Å². The van der Waals surface area contributed by atoms with Crippen LogP contribution >= 0.6 is 0 Å². The highest BCUT2D eigenvalue weighted by Crippen LogP contribution is 2.03. The molecular formula is C8H8N2O. The van der Waals surface area contributed by atoms with Crippen LogP contribution in [-0.4, -0.2) is 5.91 Å². The summed E-state index contributed by atoms with van der Waals surface area (Å²) < 4.78 is 0. The Morgan fingerprint density at radius 2 is 1.91 bits per heavy atom. The van der Waals surface area contributed by atoms with Gasteiger partial charge in [-0.1, -0.05) is 17.7 Å². The molecule has 56 valence electrons. The molecule has 1 rings (SSSR count). The number of carbonyl (C=O) groups is 1. The van der Waals surface area contributed by atoms with Crippen molar-refractivity contribution in [2.45, 2.75) is 6.92 Å². The summed E-state index contributed by atoms with van der Waals surface area (Å²) in [5.41, 5.74) is 8.03. The molecule has 0 aliphatic heterocycles. The van der Waals surface area contributed by atoms with Gasteiger partial charge < -0.3 is 0 Å². The fraction of sp³-hybridized carbons (Fsp3) is 0.125. The van der Waals surface area contributed by atoms with Crippen molar-refractivity contribution in [2.24, 2.45) is 5.11 Å². The van der Waals surface area contributed by atoms with Gasteiger partial charge >= 0.3 is 0 Å². The van der Waals surface area contributed by atoms with E-state index in [0.29, 0.717) is 5.56 Å². The zero-order valence-electron chi connectivity index (χ0n) is 6.16. The summed E-state index contributed by atoms with van der Waals surface area (Å²) in [7, 11) is 0. The quantitative estimate of drug-likeness (QED) is 0.609. The topological polar surface area (TPSA) is 53.3 Å².